The second kappa shape index (κ2) is 2.81. The van der Waals surface area contributed by atoms with E-state index in [1.165, 1.54) is 6.20 Å². The van der Waals surface area contributed by atoms with Crippen molar-refractivity contribution in [2.24, 2.45) is 0 Å². The van der Waals surface area contributed by atoms with Crippen molar-refractivity contribution in [3.05, 3.63) is 48.7 Å². The van der Waals surface area contributed by atoms with Crippen LogP contribution in [0.1, 0.15) is 0 Å². The van der Waals surface area contributed by atoms with Gasteiger partial charge in [0.2, 0.25) is 0 Å². The van der Waals surface area contributed by atoms with Crippen molar-refractivity contribution < 1.29 is 4.48 Å². The number of halogens is 1. The molecule has 0 N–H and O–H groups in total. The van der Waals surface area contributed by atoms with E-state index in [1.54, 1.807) is 12.1 Å². The van der Waals surface area contributed by atoms with Crippen molar-refractivity contribution in [2.75, 3.05) is 0 Å². The van der Waals surface area contributed by atoms with Gasteiger partial charge in [-0.05, 0) is 12.1 Å². The highest BCUT2D eigenvalue weighted by Gasteiger charge is 2.00. The molecule has 0 atom stereocenters. The number of rotatable bonds is 1. The molecule has 0 aliphatic carbocycles. The van der Waals surface area contributed by atoms with E-state index < -0.39 is 0 Å². The van der Waals surface area contributed by atoms with E-state index >= 15 is 0 Å². The molecule has 1 nitrogen and oxygen atoms in total. The van der Waals surface area contributed by atoms with Crippen LogP contribution in [-0.4, -0.2) is 4.79 Å². The maximum atomic E-state index is 13.0. The minimum atomic E-state index is 0.593. The number of hydrogen-bond acceptors (Lipinski definition) is 0. The smallest absolute Gasteiger partial charge is 0.0812 e. The molecule has 0 unspecified atom stereocenters. The second-order valence-electron chi connectivity index (χ2n) is 2.57. The standard InChI is InChI=1S/C10H8FN/c11-12-8-4-7-10(12)9-5-2-1-3-6-9/h1-8H. The van der Waals surface area contributed by atoms with Gasteiger partial charge in [-0.2, -0.15) is 4.79 Å². The molecular formula is C10H8FN. The molecule has 1 heterocycles. The van der Waals surface area contributed by atoms with E-state index in [4.69, 9.17) is 0 Å². The molecule has 0 bridgehead atoms. The van der Waals surface area contributed by atoms with Gasteiger partial charge in [-0.1, -0.05) is 34.8 Å². The third-order valence-electron chi connectivity index (χ3n) is 1.77. The maximum Gasteiger partial charge on any atom is 0.0812 e. The summed E-state index contributed by atoms with van der Waals surface area (Å²) in [6, 6.07) is 12.9. The first-order valence-corrected chi connectivity index (χ1v) is 3.77. The number of hydrogen-bond donors (Lipinski definition) is 0. The van der Waals surface area contributed by atoms with Gasteiger partial charge in [0.15, 0.2) is 0 Å². The summed E-state index contributed by atoms with van der Waals surface area (Å²) in [5.74, 6) is 0. The molecule has 0 saturated heterocycles. The summed E-state index contributed by atoms with van der Waals surface area (Å²) >= 11 is 0. The van der Waals surface area contributed by atoms with Gasteiger partial charge in [0.25, 0.3) is 0 Å². The zero-order valence-corrected chi connectivity index (χ0v) is 6.44. The summed E-state index contributed by atoms with van der Waals surface area (Å²) in [5, 5.41) is 0. The Balaban J connectivity index is 2.51. The van der Waals surface area contributed by atoms with Crippen LogP contribution >= 0.6 is 0 Å². The Hall–Kier alpha value is -1.57. The lowest BCUT2D eigenvalue weighted by Gasteiger charge is -1.97. The number of benzene rings is 1. The highest BCUT2D eigenvalue weighted by atomic mass is 19.2. The maximum absolute atomic E-state index is 13.0. The van der Waals surface area contributed by atoms with Crippen LogP contribution in [0.2, 0.25) is 0 Å². The minimum Gasteiger partial charge on any atom is -0.186 e. The molecule has 60 valence electrons. The van der Waals surface area contributed by atoms with Gasteiger partial charge in [-0.25, -0.2) is 0 Å². The van der Waals surface area contributed by atoms with Crippen LogP contribution in [0.4, 0.5) is 4.48 Å². The highest BCUT2D eigenvalue weighted by Crippen LogP contribution is 2.18. The van der Waals surface area contributed by atoms with E-state index in [9.17, 15) is 4.48 Å². The van der Waals surface area contributed by atoms with E-state index in [1.807, 2.05) is 30.3 Å². The van der Waals surface area contributed by atoms with Crippen LogP contribution in [0.5, 0.6) is 0 Å². The van der Waals surface area contributed by atoms with E-state index in [-0.39, 0.29) is 0 Å². The molecule has 0 radical (unpaired) electrons. The second-order valence-corrected chi connectivity index (χ2v) is 2.57. The summed E-state index contributed by atoms with van der Waals surface area (Å²) in [6.07, 6.45) is 1.39. The molecule has 0 aliphatic rings. The molecule has 1 aromatic heterocycles. The van der Waals surface area contributed by atoms with Crippen molar-refractivity contribution in [1.82, 2.24) is 4.79 Å². The Morgan fingerprint density at radius 1 is 0.917 bits per heavy atom. The van der Waals surface area contributed by atoms with Crippen LogP contribution in [0, 0.1) is 0 Å². The third kappa shape index (κ3) is 1.11. The Morgan fingerprint density at radius 3 is 2.25 bits per heavy atom. The molecule has 0 aliphatic heterocycles. The fourth-order valence-corrected chi connectivity index (χ4v) is 1.19. The molecular weight excluding hydrogens is 153 g/mol. The number of nitrogens with zero attached hydrogens (tertiary/aromatic N) is 1. The van der Waals surface area contributed by atoms with Gasteiger partial charge < -0.3 is 0 Å². The predicted molar refractivity (Wildman–Crippen MR) is 46.4 cm³/mol. The van der Waals surface area contributed by atoms with Crippen molar-refractivity contribution in [1.29, 1.82) is 0 Å². The minimum absolute atomic E-state index is 0.593. The molecule has 1 aromatic carbocycles. The molecule has 0 fully saturated rings. The first-order chi connectivity index (χ1) is 5.88. The van der Waals surface area contributed by atoms with Crippen LogP contribution in [-0.2, 0) is 0 Å². The molecule has 12 heavy (non-hydrogen) atoms. The highest BCUT2D eigenvalue weighted by molar-refractivity contribution is 5.59. The topological polar surface area (TPSA) is 4.93 Å². The summed E-state index contributed by atoms with van der Waals surface area (Å²) in [7, 11) is 0. The molecule has 2 heteroatoms. The van der Waals surface area contributed by atoms with Crippen LogP contribution < -0.4 is 0 Å². The molecule has 0 saturated carbocycles. The molecule has 0 amide bonds. The van der Waals surface area contributed by atoms with Gasteiger partial charge in [-0.3, -0.25) is 0 Å². The Bertz CT molecular complexity index is 364. The molecule has 0 spiro atoms. The summed E-state index contributed by atoms with van der Waals surface area (Å²) < 4.78 is 13.0. The van der Waals surface area contributed by atoms with E-state index in [2.05, 4.69) is 0 Å². The molecule has 2 aromatic rings. The number of aromatic nitrogens is 1. The first-order valence-electron chi connectivity index (χ1n) is 3.77. The normalized spacial score (nSPS) is 10.1. The summed E-state index contributed by atoms with van der Waals surface area (Å²) in [5.41, 5.74) is 1.49. The van der Waals surface area contributed by atoms with E-state index in [0.29, 0.717) is 10.5 Å². The Labute approximate surface area is 70.0 Å². The van der Waals surface area contributed by atoms with Crippen LogP contribution in [0.15, 0.2) is 48.7 Å². The van der Waals surface area contributed by atoms with Crippen LogP contribution in [0.3, 0.4) is 0 Å². The quantitative estimate of drug-likeness (QED) is 0.606. The fraction of sp³-hybridized carbons (Fsp3) is 0. The van der Waals surface area contributed by atoms with Crippen molar-refractivity contribution in [3.63, 3.8) is 0 Å². The van der Waals surface area contributed by atoms with Gasteiger partial charge in [-0.15, -0.1) is 0 Å². The Morgan fingerprint density at radius 2 is 1.67 bits per heavy atom. The van der Waals surface area contributed by atoms with Gasteiger partial charge >= 0.3 is 0 Å². The zero-order valence-electron chi connectivity index (χ0n) is 6.44. The van der Waals surface area contributed by atoms with E-state index in [0.717, 1.165) is 5.56 Å². The van der Waals surface area contributed by atoms with Crippen molar-refractivity contribution in [3.8, 4) is 11.3 Å². The lowest BCUT2D eigenvalue weighted by molar-refractivity contribution is 0.377. The van der Waals surface area contributed by atoms with Gasteiger partial charge in [0.1, 0.15) is 0 Å². The predicted octanol–water partition coefficient (Wildman–Crippen LogP) is 2.89. The van der Waals surface area contributed by atoms with Gasteiger partial charge in [0, 0.05) is 11.8 Å². The lowest BCUT2D eigenvalue weighted by atomic mass is 10.2. The molecule has 2 rings (SSSR count). The summed E-state index contributed by atoms with van der Waals surface area (Å²) in [6.45, 7) is 0. The fourth-order valence-electron chi connectivity index (χ4n) is 1.19. The van der Waals surface area contributed by atoms with Crippen LogP contribution in [0.25, 0.3) is 11.3 Å². The monoisotopic (exact) mass is 161 g/mol. The SMILES string of the molecule is Fn1cccc1-c1ccccc1. The average Bonchev–Trinajstić information content (AvgIpc) is 2.53. The zero-order chi connectivity index (χ0) is 8.39. The van der Waals surface area contributed by atoms with Crippen molar-refractivity contribution in [2.45, 2.75) is 0 Å². The average molecular weight is 161 g/mol. The van der Waals surface area contributed by atoms with Crippen molar-refractivity contribution >= 4 is 0 Å². The third-order valence-corrected chi connectivity index (χ3v) is 1.77. The Kier molecular flexibility index (Phi) is 1.67. The summed E-state index contributed by atoms with van der Waals surface area (Å²) in [4.78, 5) is 0.620. The first kappa shape index (κ1) is 7.10. The lowest BCUT2D eigenvalue weighted by Crippen LogP contribution is -1.83. The van der Waals surface area contributed by atoms with Gasteiger partial charge in [0.05, 0.1) is 5.69 Å². The largest absolute Gasteiger partial charge is 0.186 e.